The number of guanidine groups is 1. The zero-order valence-corrected chi connectivity index (χ0v) is 18.3. The second-order valence-electron chi connectivity index (χ2n) is 8.16. The molecular formula is C19H33N3O2S2. The van der Waals surface area contributed by atoms with Gasteiger partial charge in [-0.2, -0.15) is 0 Å². The smallest absolute Gasteiger partial charge is 0.191 e. The lowest BCUT2D eigenvalue weighted by Gasteiger charge is -2.29. The largest absolute Gasteiger partial charge is 0.357 e. The number of hydrogen-bond acceptors (Lipinski definition) is 4. The van der Waals surface area contributed by atoms with Crippen molar-refractivity contribution >= 4 is 27.1 Å². The summed E-state index contributed by atoms with van der Waals surface area (Å²) in [7, 11) is -2.93. The zero-order chi connectivity index (χ0) is 19.4. The summed E-state index contributed by atoms with van der Waals surface area (Å²) in [4.78, 5) is 7.53. The Balaban J connectivity index is 1.97. The predicted molar refractivity (Wildman–Crippen MR) is 112 cm³/mol. The molecule has 0 fully saturated rings. The van der Waals surface area contributed by atoms with Crippen LogP contribution in [-0.4, -0.2) is 39.0 Å². The molecule has 0 amide bonds. The van der Waals surface area contributed by atoms with Gasteiger partial charge in [-0.1, -0.05) is 13.8 Å². The summed E-state index contributed by atoms with van der Waals surface area (Å²) < 4.78 is 22.7. The van der Waals surface area contributed by atoms with Crippen LogP contribution < -0.4 is 10.6 Å². The first-order chi connectivity index (χ1) is 12.1. The van der Waals surface area contributed by atoms with Crippen LogP contribution in [0.4, 0.5) is 0 Å². The number of aliphatic imine (C=N–C) groups is 1. The van der Waals surface area contributed by atoms with Gasteiger partial charge in [0.1, 0.15) is 9.84 Å². The molecule has 5 nitrogen and oxygen atoms in total. The molecule has 0 aromatic carbocycles. The number of fused-ring (bicyclic) bond motifs is 1. The molecule has 0 saturated heterocycles. The first-order valence-corrected chi connectivity index (χ1v) is 12.3. The molecule has 1 aromatic rings. The van der Waals surface area contributed by atoms with Crippen molar-refractivity contribution < 1.29 is 8.42 Å². The molecular weight excluding hydrogens is 366 g/mol. The quantitative estimate of drug-likeness (QED) is 0.546. The summed E-state index contributed by atoms with van der Waals surface area (Å²) in [5, 5.41) is 6.56. The number of thiophene rings is 1. The zero-order valence-electron chi connectivity index (χ0n) is 16.7. The van der Waals surface area contributed by atoms with E-state index in [1.54, 1.807) is 0 Å². The number of aryl methyl sites for hydroxylation is 1. The van der Waals surface area contributed by atoms with Crippen LogP contribution in [0.3, 0.4) is 0 Å². The molecule has 1 atom stereocenters. The van der Waals surface area contributed by atoms with Crippen LogP contribution >= 0.6 is 11.3 Å². The summed E-state index contributed by atoms with van der Waals surface area (Å²) in [5.41, 5.74) is 1.90. The van der Waals surface area contributed by atoms with Crippen LogP contribution in [0.5, 0.6) is 0 Å². The van der Waals surface area contributed by atoms with E-state index in [0.717, 1.165) is 18.9 Å². The molecule has 7 heteroatoms. The van der Waals surface area contributed by atoms with E-state index < -0.39 is 9.84 Å². The van der Waals surface area contributed by atoms with Gasteiger partial charge in [0.2, 0.25) is 0 Å². The Morgan fingerprint density at radius 2 is 2.15 bits per heavy atom. The summed E-state index contributed by atoms with van der Waals surface area (Å²) in [6, 6.07) is 2.38. The normalized spacial score (nSPS) is 18.3. The van der Waals surface area contributed by atoms with Crippen LogP contribution in [0.2, 0.25) is 0 Å². The standard InChI is InChI=1S/C19H33N3O2S2/c1-6-20-18(22-14(2)8-10-26(5,23)24)21-13-16-11-15-12-19(3,4)9-7-17(15)25-16/h11,14H,6-10,12-13H2,1-5H3,(H2,20,21,22). The fraction of sp³-hybridized carbons (Fsp3) is 0.737. The van der Waals surface area contributed by atoms with Gasteiger partial charge in [0, 0.05) is 28.6 Å². The van der Waals surface area contributed by atoms with E-state index in [1.165, 1.54) is 34.4 Å². The van der Waals surface area contributed by atoms with E-state index in [0.29, 0.717) is 18.4 Å². The maximum Gasteiger partial charge on any atom is 0.191 e. The first-order valence-electron chi connectivity index (χ1n) is 9.41. The van der Waals surface area contributed by atoms with Gasteiger partial charge in [-0.25, -0.2) is 13.4 Å². The van der Waals surface area contributed by atoms with Gasteiger partial charge in [0.05, 0.1) is 12.3 Å². The Kier molecular flexibility index (Phi) is 7.13. The predicted octanol–water partition coefficient (Wildman–Crippen LogP) is 3.14. The van der Waals surface area contributed by atoms with E-state index in [4.69, 9.17) is 4.99 Å². The van der Waals surface area contributed by atoms with Crippen molar-refractivity contribution in [2.24, 2.45) is 10.4 Å². The van der Waals surface area contributed by atoms with Crippen molar-refractivity contribution in [1.29, 1.82) is 0 Å². The van der Waals surface area contributed by atoms with Crippen molar-refractivity contribution in [3.8, 4) is 0 Å². The van der Waals surface area contributed by atoms with Gasteiger partial charge in [0.15, 0.2) is 5.96 Å². The van der Waals surface area contributed by atoms with E-state index in [9.17, 15) is 8.42 Å². The minimum atomic E-state index is -2.93. The molecule has 26 heavy (non-hydrogen) atoms. The minimum Gasteiger partial charge on any atom is -0.357 e. The minimum absolute atomic E-state index is 0.0554. The fourth-order valence-electron chi connectivity index (χ4n) is 3.20. The average molecular weight is 400 g/mol. The van der Waals surface area contributed by atoms with E-state index in [1.807, 2.05) is 25.2 Å². The lowest BCUT2D eigenvalue weighted by Crippen LogP contribution is -2.42. The summed E-state index contributed by atoms with van der Waals surface area (Å²) in [6.07, 6.45) is 5.44. The van der Waals surface area contributed by atoms with Gasteiger partial charge < -0.3 is 10.6 Å². The van der Waals surface area contributed by atoms with Crippen LogP contribution in [-0.2, 0) is 29.2 Å². The van der Waals surface area contributed by atoms with Gasteiger partial charge in [-0.05, 0) is 56.6 Å². The monoisotopic (exact) mass is 399 g/mol. The summed E-state index contributed by atoms with van der Waals surface area (Å²) in [6.45, 7) is 10.1. The Morgan fingerprint density at radius 1 is 1.42 bits per heavy atom. The van der Waals surface area contributed by atoms with Gasteiger partial charge >= 0.3 is 0 Å². The lowest BCUT2D eigenvalue weighted by molar-refractivity contribution is 0.318. The van der Waals surface area contributed by atoms with Crippen molar-refractivity contribution in [3.63, 3.8) is 0 Å². The highest BCUT2D eigenvalue weighted by Crippen LogP contribution is 2.38. The maximum absolute atomic E-state index is 11.3. The second kappa shape index (κ2) is 8.74. The Bertz CT molecular complexity index is 736. The van der Waals surface area contributed by atoms with Crippen LogP contribution in [0.25, 0.3) is 0 Å². The Hall–Kier alpha value is -1.08. The first kappa shape index (κ1) is 21.2. The molecule has 1 heterocycles. The number of nitrogens with zero attached hydrogens (tertiary/aromatic N) is 1. The van der Waals surface area contributed by atoms with E-state index >= 15 is 0 Å². The van der Waals surface area contributed by atoms with Crippen LogP contribution in [0.1, 0.15) is 55.9 Å². The second-order valence-corrected chi connectivity index (χ2v) is 11.6. The van der Waals surface area contributed by atoms with Crippen molar-refractivity contribution in [2.45, 2.75) is 66.0 Å². The van der Waals surface area contributed by atoms with Crippen molar-refractivity contribution in [2.75, 3.05) is 18.6 Å². The van der Waals surface area contributed by atoms with Crippen LogP contribution in [0.15, 0.2) is 11.1 Å². The molecule has 0 aliphatic heterocycles. The molecule has 2 N–H and O–H groups in total. The molecule has 1 aliphatic rings. The summed E-state index contributed by atoms with van der Waals surface area (Å²) >= 11 is 1.89. The maximum atomic E-state index is 11.3. The summed E-state index contributed by atoms with van der Waals surface area (Å²) in [5.74, 6) is 0.939. The van der Waals surface area contributed by atoms with Crippen molar-refractivity contribution in [1.82, 2.24) is 10.6 Å². The van der Waals surface area contributed by atoms with Gasteiger partial charge in [-0.3, -0.25) is 0 Å². The lowest BCUT2D eigenvalue weighted by atomic mass is 9.77. The number of rotatable bonds is 7. The third-order valence-electron chi connectivity index (χ3n) is 4.69. The van der Waals surface area contributed by atoms with E-state index in [2.05, 4.69) is 30.5 Å². The molecule has 0 saturated carbocycles. The van der Waals surface area contributed by atoms with Gasteiger partial charge in [-0.15, -0.1) is 11.3 Å². The highest BCUT2D eigenvalue weighted by Gasteiger charge is 2.26. The van der Waals surface area contributed by atoms with Gasteiger partial charge in [0.25, 0.3) is 0 Å². The molecule has 0 spiro atoms. The highest BCUT2D eigenvalue weighted by molar-refractivity contribution is 7.90. The fourth-order valence-corrected chi connectivity index (χ4v) is 5.09. The molecule has 1 unspecified atom stereocenters. The Labute approximate surface area is 162 Å². The van der Waals surface area contributed by atoms with Crippen LogP contribution in [0, 0.1) is 5.41 Å². The molecule has 1 aromatic heterocycles. The average Bonchev–Trinajstić information content (AvgIpc) is 2.91. The molecule has 0 radical (unpaired) electrons. The molecule has 1 aliphatic carbocycles. The molecule has 148 valence electrons. The number of nitrogens with one attached hydrogen (secondary N) is 2. The van der Waals surface area contributed by atoms with Crippen molar-refractivity contribution in [3.05, 3.63) is 21.4 Å². The highest BCUT2D eigenvalue weighted by atomic mass is 32.2. The number of sulfone groups is 1. The topological polar surface area (TPSA) is 70.6 Å². The third-order valence-corrected chi connectivity index (χ3v) is 6.89. The molecule has 2 rings (SSSR count). The third kappa shape index (κ3) is 6.91. The number of hydrogen-bond donors (Lipinski definition) is 2. The van der Waals surface area contributed by atoms with E-state index in [-0.39, 0.29) is 11.8 Å². The SMILES string of the molecule is CCNC(=NCc1cc2c(s1)CCC(C)(C)C2)NC(C)CCS(C)(=O)=O. The molecule has 0 bridgehead atoms. The Morgan fingerprint density at radius 3 is 2.81 bits per heavy atom.